The summed E-state index contributed by atoms with van der Waals surface area (Å²) in [6, 6.07) is 2.83. The van der Waals surface area contributed by atoms with Gasteiger partial charge in [-0.25, -0.2) is 0 Å². The molecule has 1 saturated heterocycles. The molecule has 0 saturated carbocycles. The molecular weight excluding hydrogens is 290 g/mol. The highest BCUT2D eigenvalue weighted by Gasteiger charge is 2.26. The van der Waals surface area contributed by atoms with Gasteiger partial charge in [-0.3, -0.25) is 9.29 Å². The number of alkyl halides is 1. The number of rotatable bonds is 4. The van der Waals surface area contributed by atoms with E-state index in [-0.39, 0.29) is 11.8 Å². The summed E-state index contributed by atoms with van der Waals surface area (Å²) < 4.78 is 12.8. The van der Waals surface area contributed by atoms with Gasteiger partial charge in [0.15, 0.2) is 0 Å². The number of halogens is 3. The Labute approximate surface area is 122 Å². The molecule has 106 valence electrons. The van der Waals surface area contributed by atoms with Crippen LogP contribution in [-0.4, -0.2) is 42.9 Å². The second kappa shape index (κ2) is 6.75. The monoisotopic (exact) mass is 306 g/mol. The van der Waals surface area contributed by atoms with E-state index in [9.17, 15) is 9.50 Å². The number of benzene rings is 1. The topological polar surface area (TPSA) is 35.5 Å². The summed E-state index contributed by atoms with van der Waals surface area (Å²) in [4.78, 5) is 2.14. The Morgan fingerprint density at radius 1 is 1.32 bits per heavy atom. The molecule has 6 heteroatoms. The Bertz CT molecular complexity index is 416. The average molecular weight is 307 g/mol. The van der Waals surface area contributed by atoms with Crippen LogP contribution in [0.5, 0.6) is 5.75 Å². The van der Waals surface area contributed by atoms with Gasteiger partial charge < -0.3 is 10.4 Å². The van der Waals surface area contributed by atoms with Crippen LogP contribution in [0.2, 0.25) is 10.0 Å². The minimum atomic E-state index is -0.451. The zero-order valence-electron chi connectivity index (χ0n) is 10.5. The number of hydrogen-bond donors (Lipinski definition) is 2. The van der Waals surface area contributed by atoms with E-state index < -0.39 is 6.67 Å². The van der Waals surface area contributed by atoms with Gasteiger partial charge in [0.2, 0.25) is 0 Å². The first-order chi connectivity index (χ1) is 9.13. The van der Waals surface area contributed by atoms with Crippen molar-refractivity contribution >= 4 is 23.2 Å². The Kier molecular flexibility index (Phi) is 5.28. The van der Waals surface area contributed by atoms with Crippen molar-refractivity contribution in [1.29, 1.82) is 0 Å². The third-order valence-corrected chi connectivity index (χ3v) is 3.91. The third-order valence-electron chi connectivity index (χ3n) is 3.38. The standard InChI is InChI=1S/C13H17Cl2FN2O/c14-9-7-10(15)13(12(19)8-9)11(1-2-16)18-5-3-17-4-6-18/h7-8,11,17,19H,1-6H2/t11-/m0/s1. The summed E-state index contributed by atoms with van der Waals surface area (Å²) in [7, 11) is 0. The molecule has 1 aromatic rings. The lowest BCUT2D eigenvalue weighted by Gasteiger charge is -2.35. The maximum absolute atomic E-state index is 12.8. The minimum Gasteiger partial charge on any atom is -0.508 e. The number of nitrogens with one attached hydrogen (secondary N) is 1. The minimum absolute atomic E-state index is 0.0366. The maximum atomic E-state index is 12.8. The predicted molar refractivity (Wildman–Crippen MR) is 75.9 cm³/mol. The molecule has 1 heterocycles. The summed E-state index contributed by atoms with van der Waals surface area (Å²) in [5, 5.41) is 14.1. The fourth-order valence-corrected chi connectivity index (χ4v) is 3.12. The van der Waals surface area contributed by atoms with E-state index in [1.54, 1.807) is 6.07 Å². The molecule has 19 heavy (non-hydrogen) atoms. The van der Waals surface area contributed by atoms with Crippen molar-refractivity contribution in [3.8, 4) is 5.75 Å². The normalized spacial score (nSPS) is 18.5. The summed E-state index contributed by atoms with van der Waals surface area (Å²) >= 11 is 12.0. The van der Waals surface area contributed by atoms with E-state index >= 15 is 0 Å². The summed E-state index contributed by atoms with van der Waals surface area (Å²) in [5.74, 6) is 0.0366. The van der Waals surface area contributed by atoms with Gasteiger partial charge in [0.1, 0.15) is 5.75 Å². The van der Waals surface area contributed by atoms with Crippen molar-refractivity contribution in [2.75, 3.05) is 32.9 Å². The van der Waals surface area contributed by atoms with Crippen LogP contribution in [0.1, 0.15) is 18.0 Å². The fourth-order valence-electron chi connectivity index (χ4n) is 2.51. The zero-order chi connectivity index (χ0) is 13.8. The van der Waals surface area contributed by atoms with Crippen LogP contribution >= 0.6 is 23.2 Å². The summed E-state index contributed by atoms with van der Waals surface area (Å²) in [5.41, 5.74) is 0.575. The Morgan fingerprint density at radius 3 is 2.58 bits per heavy atom. The molecule has 1 atom stereocenters. The Morgan fingerprint density at radius 2 is 2.00 bits per heavy atom. The number of hydrogen-bond acceptors (Lipinski definition) is 3. The first kappa shape index (κ1) is 14.9. The average Bonchev–Trinajstić information content (AvgIpc) is 2.37. The van der Waals surface area contributed by atoms with Crippen LogP contribution in [0.4, 0.5) is 4.39 Å². The van der Waals surface area contributed by atoms with Gasteiger partial charge in [-0.1, -0.05) is 23.2 Å². The lowest BCUT2D eigenvalue weighted by atomic mass is 10.0. The van der Waals surface area contributed by atoms with Gasteiger partial charge in [0.25, 0.3) is 0 Å². The molecule has 0 amide bonds. The van der Waals surface area contributed by atoms with Crippen molar-refractivity contribution in [2.24, 2.45) is 0 Å². The number of phenols is 1. The first-order valence-corrected chi connectivity index (χ1v) is 7.07. The highest BCUT2D eigenvalue weighted by atomic mass is 35.5. The van der Waals surface area contributed by atoms with Crippen molar-refractivity contribution in [3.63, 3.8) is 0 Å². The zero-order valence-corrected chi connectivity index (χ0v) is 12.0. The fraction of sp³-hybridized carbons (Fsp3) is 0.538. The lowest BCUT2D eigenvalue weighted by molar-refractivity contribution is 0.155. The van der Waals surface area contributed by atoms with Crippen LogP contribution in [0.3, 0.4) is 0 Å². The molecule has 0 aromatic heterocycles. The third kappa shape index (κ3) is 3.51. The molecule has 0 aliphatic carbocycles. The second-order valence-corrected chi connectivity index (χ2v) is 5.44. The van der Waals surface area contributed by atoms with Gasteiger partial charge in [-0.2, -0.15) is 0 Å². The SMILES string of the molecule is Oc1cc(Cl)cc(Cl)c1[C@H](CCF)N1CCNCC1. The van der Waals surface area contributed by atoms with Gasteiger partial charge in [0, 0.05) is 42.8 Å². The molecule has 1 aliphatic rings. The first-order valence-electron chi connectivity index (χ1n) is 6.32. The molecule has 0 spiro atoms. The van der Waals surface area contributed by atoms with E-state index in [1.807, 2.05) is 0 Å². The van der Waals surface area contributed by atoms with Crippen molar-refractivity contribution in [1.82, 2.24) is 10.2 Å². The van der Waals surface area contributed by atoms with Crippen LogP contribution in [-0.2, 0) is 0 Å². The summed E-state index contributed by atoms with van der Waals surface area (Å²) in [6.07, 6.45) is 0.314. The van der Waals surface area contributed by atoms with Crippen LogP contribution in [0.25, 0.3) is 0 Å². The van der Waals surface area contributed by atoms with E-state index in [0.29, 0.717) is 22.0 Å². The molecule has 0 bridgehead atoms. The van der Waals surface area contributed by atoms with E-state index in [2.05, 4.69) is 10.2 Å². The van der Waals surface area contributed by atoms with Crippen molar-refractivity contribution in [3.05, 3.63) is 27.7 Å². The van der Waals surface area contributed by atoms with Gasteiger partial charge >= 0.3 is 0 Å². The molecule has 0 unspecified atom stereocenters. The number of aromatic hydroxyl groups is 1. The smallest absolute Gasteiger partial charge is 0.123 e. The van der Waals surface area contributed by atoms with Crippen LogP contribution < -0.4 is 5.32 Å². The van der Waals surface area contributed by atoms with Crippen LogP contribution in [0, 0.1) is 0 Å². The molecular formula is C13H17Cl2FN2O. The highest BCUT2D eigenvalue weighted by Crippen LogP contribution is 2.39. The van der Waals surface area contributed by atoms with E-state index in [0.717, 1.165) is 26.2 Å². The molecule has 3 nitrogen and oxygen atoms in total. The van der Waals surface area contributed by atoms with Crippen molar-refractivity contribution < 1.29 is 9.50 Å². The maximum Gasteiger partial charge on any atom is 0.123 e. The van der Waals surface area contributed by atoms with Crippen LogP contribution in [0.15, 0.2) is 12.1 Å². The van der Waals surface area contributed by atoms with E-state index in [1.165, 1.54) is 6.07 Å². The summed E-state index contributed by atoms with van der Waals surface area (Å²) in [6.45, 7) is 2.88. The molecule has 0 radical (unpaired) electrons. The number of piperazine rings is 1. The number of phenolic OH excluding ortho intramolecular Hbond substituents is 1. The molecule has 1 aromatic carbocycles. The second-order valence-electron chi connectivity index (χ2n) is 4.60. The molecule has 2 N–H and O–H groups in total. The largest absolute Gasteiger partial charge is 0.508 e. The lowest BCUT2D eigenvalue weighted by Crippen LogP contribution is -2.45. The van der Waals surface area contributed by atoms with Crippen molar-refractivity contribution in [2.45, 2.75) is 12.5 Å². The van der Waals surface area contributed by atoms with Gasteiger partial charge in [-0.15, -0.1) is 0 Å². The van der Waals surface area contributed by atoms with E-state index in [4.69, 9.17) is 23.2 Å². The Hall–Kier alpha value is -0.550. The predicted octanol–water partition coefficient (Wildman–Crippen LogP) is 3.00. The number of nitrogens with zero attached hydrogens (tertiary/aromatic N) is 1. The highest BCUT2D eigenvalue weighted by molar-refractivity contribution is 6.35. The molecule has 1 aliphatic heterocycles. The van der Waals surface area contributed by atoms with Gasteiger partial charge in [-0.05, 0) is 18.6 Å². The van der Waals surface area contributed by atoms with Gasteiger partial charge in [0.05, 0.1) is 11.7 Å². The molecule has 2 rings (SSSR count). The quantitative estimate of drug-likeness (QED) is 0.897. The Balaban J connectivity index is 2.32. The molecule has 1 fully saturated rings.